The lowest BCUT2D eigenvalue weighted by molar-refractivity contribution is -0.339. The molecule has 0 aliphatic carbocycles. The third kappa shape index (κ3) is 6.13. The molecule has 3 rings (SSSR count). The second-order valence-corrected chi connectivity index (χ2v) is 8.83. The summed E-state index contributed by atoms with van der Waals surface area (Å²) in [5.41, 5.74) is 0. The normalized spacial score (nSPS) is 42.1. The summed E-state index contributed by atoms with van der Waals surface area (Å²) in [6, 6.07) is -0.941. The first-order valence-corrected chi connectivity index (χ1v) is 11.5. The Kier molecular flexibility index (Phi) is 10.3. The topological polar surface area (TPSA) is 261 Å². The van der Waals surface area contributed by atoms with Crippen LogP contribution in [0.3, 0.4) is 0 Å². The Balaban J connectivity index is 1.74. The quantitative estimate of drug-likeness (QED) is 0.112. The summed E-state index contributed by atoms with van der Waals surface area (Å²) in [5, 5.41) is 101. The molecule has 14 atom stereocenters. The minimum Gasteiger partial charge on any atom is -0.450 e. The van der Waals surface area contributed by atoms with E-state index in [4.69, 9.17) is 23.7 Å². The van der Waals surface area contributed by atoms with Crippen LogP contribution < -0.4 is 0 Å². The van der Waals surface area contributed by atoms with Crippen LogP contribution >= 0.6 is 0 Å². The van der Waals surface area contributed by atoms with Crippen LogP contribution in [0.1, 0.15) is 13.3 Å². The monoisotopic (exact) mass is 529 g/mol. The lowest BCUT2D eigenvalue weighted by atomic mass is 9.97. The fourth-order valence-corrected chi connectivity index (χ4v) is 4.30. The zero-order chi connectivity index (χ0) is 26.7. The molecule has 16 heteroatoms. The molecule has 210 valence electrons. The molecule has 3 aliphatic rings. The maximum absolute atomic E-state index is 10.8. The highest BCUT2D eigenvalue weighted by Crippen LogP contribution is 2.32. The molecule has 0 amide bonds. The van der Waals surface area contributed by atoms with Crippen LogP contribution in [0.5, 0.6) is 0 Å². The first-order chi connectivity index (χ1) is 17.0. The van der Waals surface area contributed by atoms with Gasteiger partial charge in [0.25, 0.3) is 0 Å². The van der Waals surface area contributed by atoms with Crippen LogP contribution in [0.15, 0.2) is 4.99 Å². The third-order valence-electron chi connectivity index (χ3n) is 6.31. The Labute approximate surface area is 205 Å². The molecular formula is C20H35NO15. The highest BCUT2D eigenvalue weighted by Gasteiger charge is 2.52. The first kappa shape index (κ1) is 29.5. The first-order valence-electron chi connectivity index (χ1n) is 11.5. The lowest BCUT2D eigenvalue weighted by Crippen LogP contribution is -2.62. The number of nitrogens with zero attached hydrogens (tertiary/aromatic N) is 1. The van der Waals surface area contributed by atoms with Gasteiger partial charge in [-0.25, -0.2) is 4.99 Å². The number of fused-ring (bicyclic) bond motifs is 1. The third-order valence-corrected chi connectivity index (χ3v) is 6.31. The molecule has 3 aliphatic heterocycles. The second-order valence-electron chi connectivity index (χ2n) is 8.83. The van der Waals surface area contributed by atoms with Gasteiger partial charge in [0, 0.05) is 13.5 Å². The van der Waals surface area contributed by atoms with Crippen LogP contribution in [-0.4, -0.2) is 163 Å². The van der Waals surface area contributed by atoms with Gasteiger partial charge in [0.1, 0.15) is 61.0 Å². The van der Waals surface area contributed by atoms with Gasteiger partial charge in [0.2, 0.25) is 6.29 Å². The molecule has 10 N–H and O–H groups in total. The van der Waals surface area contributed by atoms with E-state index in [-0.39, 0.29) is 12.3 Å². The average Bonchev–Trinajstić information content (AvgIpc) is 3.23. The molecule has 0 spiro atoms. The van der Waals surface area contributed by atoms with Crippen molar-refractivity contribution in [2.24, 2.45) is 4.99 Å². The number of hydrogen-bond donors (Lipinski definition) is 10. The molecule has 36 heavy (non-hydrogen) atoms. The summed E-state index contributed by atoms with van der Waals surface area (Å²) in [6.45, 7) is -0.463. The minimum absolute atomic E-state index is 0.224. The Hall–Kier alpha value is -1.09. The molecule has 16 nitrogen and oxygen atoms in total. The van der Waals surface area contributed by atoms with Crippen molar-refractivity contribution in [3.63, 3.8) is 0 Å². The van der Waals surface area contributed by atoms with Crippen LogP contribution in [0.25, 0.3) is 0 Å². The van der Waals surface area contributed by atoms with Crippen LogP contribution in [-0.2, 0) is 23.7 Å². The maximum Gasteiger partial charge on any atom is 0.227 e. The predicted octanol–water partition coefficient (Wildman–Crippen LogP) is -6.13. The van der Waals surface area contributed by atoms with Gasteiger partial charge in [-0.3, -0.25) is 0 Å². The van der Waals surface area contributed by atoms with Crippen molar-refractivity contribution >= 4 is 5.90 Å². The van der Waals surface area contributed by atoms with E-state index < -0.39 is 106 Å². The molecular weight excluding hydrogens is 494 g/mol. The standard InChI is InChI=1S/C20H35NO15/c1-6-21-10-12(27)17(9(5-24)34-19(10)32-6)35-18(31)15(30)16(7(25)2-3-22)36-20-14(29)13(28)11(26)8(4-23)33-20/h7-20,22-31H,2-5H2,1H3/t7-,8+,9?,10?,11-,12-,13?,14?,15?,16+,17-,18+,19+,20-/m1/s1. The highest BCUT2D eigenvalue weighted by molar-refractivity contribution is 5.75. The minimum atomic E-state index is -2.19. The highest BCUT2D eigenvalue weighted by atomic mass is 16.7. The Morgan fingerprint density at radius 1 is 0.861 bits per heavy atom. The van der Waals surface area contributed by atoms with E-state index in [9.17, 15) is 51.1 Å². The molecule has 3 heterocycles. The Morgan fingerprint density at radius 2 is 1.53 bits per heavy atom. The van der Waals surface area contributed by atoms with Gasteiger partial charge in [-0.05, 0) is 6.42 Å². The molecule has 2 saturated heterocycles. The van der Waals surface area contributed by atoms with E-state index >= 15 is 0 Å². The van der Waals surface area contributed by atoms with Crippen molar-refractivity contribution in [1.29, 1.82) is 0 Å². The smallest absolute Gasteiger partial charge is 0.227 e. The van der Waals surface area contributed by atoms with Gasteiger partial charge in [-0.15, -0.1) is 0 Å². The fourth-order valence-electron chi connectivity index (χ4n) is 4.30. The van der Waals surface area contributed by atoms with Crippen molar-refractivity contribution in [2.75, 3.05) is 19.8 Å². The van der Waals surface area contributed by atoms with Gasteiger partial charge in [0.15, 0.2) is 18.5 Å². The summed E-state index contributed by atoms with van der Waals surface area (Å²) in [6.07, 6.45) is -21.7. The number of hydrogen-bond acceptors (Lipinski definition) is 16. The molecule has 0 saturated carbocycles. The number of aliphatic imine (C=N–C) groups is 1. The molecule has 0 bridgehead atoms. The van der Waals surface area contributed by atoms with E-state index in [1.165, 1.54) is 6.92 Å². The van der Waals surface area contributed by atoms with E-state index in [2.05, 4.69) is 4.99 Å². The van der Waals surface area contributed by atoms with Crippen molar-refractivity contribution in [3.05, 3.63) is 0 Å². The van der Waals surface area contributed by atoms with E-state index in [1.807, 2.05) is 0 Å². The second kappa shape index (κ2) is 12.6. The summed E-state index contributed by atoms with van der Waals surface area (Å²) < 4.78 is 26.8. The summed E-state index contributed by atoms with van der Waals surface area (Å²) >= 11 is 0. The molecule has 0 aromatic carbocycles. The van der Waals surface area contributed by atoms with Gasteiger partial charge in [-0.1, -0.05) is 0 Å². The number of rotatable bonds is 11. The molecule has 5 unspecified atom stereocenters. The average molecular weight is 529 g/mol. The molecule has 2 fully saturated rings. The summed E-state index contributed by atoms with van der Waals surface area (Å²) in [4.78, 5) is 4.08. The van der Waals surface area contributed by atoms with Gasteiger partial charge < -0.3 is 74.7 Å². The molecule has 0 radical (unpaired) electrons. The van der Waals surface area contributed by atoms with Crippen molar-refractivity contribution in [1.82, 2.24) is 0 Å². The summed E-state index contributed by atoms with van der Waals surface area (Å²) in [5.74, 6) is 0.224. The number of ether oxygens (including phenoxy) is 5. The molecule has 0 aromatic heterocycles. The Bertz CT molecular complexity index is 727. The maximum atomic E-state index is 10.8. The fraction of sp³-hybridized carbons (Fsp3) is 0.950. The zero-order valence-corrected chi connectivity index (χ0v) is 19.4. The van der Waals surface area contributed by atoms with Crippen molar-refractivity contribution in [2.45, 2.75) is 99.3 Å². The SMILES string of the molecule is CC1=NC2[C@@H](O1)OC(CO)[C@@H](O[C@H](O)C(O)[C@@H](O[C@H]1O[C@@H](CO)[C@@H](O)C(O)C1O)[C@H](O)CCO)[C@@H]2O. The molecule has 0 aromatic rings. The van der Waals surface area contributed by atoms with Crippen LogP contribution in [0, 0.1) is 0 Å². The van der Waals surface area contributed by atoms with Gasteiger partial charge in [0.05, 0.1) is 19.3 Å². The van der Waals surface area contributed by atoms with E-state index in [0.29, 0.717) is 0 Å². The number of aliphatic hydroxyl groups excluding tert-OH is 10. The predicted molar refractivity (Wildman–Crippen MR) is 113 cm³/mol. The van der Waals surface area contributed by atoms with Gasteiger partial charge in [-0.2, -0.15) is 0 Å². The van der Waals surface area contributed by atoms with Gasteiger partial charge >= 0.3 is 0 Å². The number of aliphatic hydroxyl groups is 10. The Morgan fingerprint density at radius 3 is 2.14 bits per heavy atom. The largest absolute Gasteiger partial charge is 0.450 e. The van der Waals surface area contributed by atoms with Crippen LogP contribution in [0.4, 0.5) is 0 Å². The van der Waals surface area contributed by atoms with E-state index in [0.717, 1.165) is 0 Å². The zero-order valence-electron chi connectivity index (χ0n) is 19.4. The van der Waals surface area contributed by atoms with E-state index in [1.54, 1.807) is 0 Å². The van der Waals surface area contributed by atoms with Crippen molar-refractivity contribution in [3.8, 4) is 0 Å². The lowest BCUT2D eigenvalue weighted by Gasteiger charge is -2.43. The van der Waals surface area contributed by atoms with Crippen LogP contribution in [0.2, 0.25) is 0 Å². The summed E-state index contributed by atoms with van der Waals surface area (Å²) in [7, 11) is 0. The van der Waals surface area contributed by atoms with Crippen molar-refractivity contribution < 1.29 is 74.7 Å².